The van der Waals surface area contributed by atoms with Gasteiger partial charge in [-0.05, 0) is 24.3 Å². The van der Waals surface area contributed by atoms with E-state index in [4.69, 9.17) is 0 Å². The fourth-order valence-electron chi connectivity index (χ4n) is 3.21. The summed E-state index contributed by atoms with van der Waals surface area (Å²) in [4.78, 5) is 39.2. The molecule has 4 rings (SSSR count). The number of nitrogens with one attached hydrogen (secondary N) is 1. The maximum Gasteiger partial charge on any atom is 0.251 e. The quantitative estimate of drug-likeness (QED) is 0.748. The molecule has 1 saturated heterocycles. The molecule has 1 aliphatic heterocycles. The van der Waals surface area contributed by atoms with E-state index in [1.54, 1.807) is 17.5 Å². The summed E-state index contributed by atoms with van der Waals surface area (Å²) < 4.78 is 0. The first-order chi connectivity index (χ1) is 12.7. The summed E-state index contributed by atoms with van der Waals surface area (Å²) >= 11 is 3.08. The highest BCUT2D eigenvalue weighted by atomic mass is 32.1. The zero-order valence-corrected chi connectivity index (χ0v) is 15.7. The van der Waals surface area contributed by atoms with Crippen molar-refractivity contribution in [3.8, 4) is 10.7 Å². The summed E-state index contributed by atoms with van der Waals surface area (Å²) in [6.07, 6.45) is 3.79. The van der Waals surface area contributed by atoms with Crippen molar-refractivity contribution < 1.29 is 4.79 Å². The van der Waals surface area contributed by atoms with Crippen LogP contribution in [-0.4, -0.2) is 38.8 Å². The summed E-state index contributed by atoms with van der Waals surface area (Å²) in [5, 5.41) is 4.61. The lowest BCUT2D eigenvalue weighted by molar-refractivity contribution is -0.131. The van der Waals surface area contributed by atoms with Gasteiger partial charge < -0.3 is 9.88 Å². The van der Waals surface area contributed by atoms with E-state index in [1.807, 2.05) is 27.8 Å². The van der Waals surface area contributed by atoms with E-state index >= 15 is 0 Å². The molecule has 0 aliphatic carbocycles. The van der Waals surface area contributed by atoms with Gasteiger partial charge >= 0.3 is 0 Å². The van der Waals surface area contributed by atoms with E-state index in [-0.39, 0.29) is 17.4 Å². The average molecular weight is 387 g/mol. The molecule has 1 aliphatic rings. The minimum absolute atomic E-state index is 0.156. The van der Waals surface area contributed by atoms with Crippen molar-refractivity contribution in [3.05, 3.63) is 56.2 Å². The zero-order chi connectivity index (χ0) is 17.9. The van der Waals surface area contributed by atoms with Crippen molar-refractivity contribution >= 4 is 28.6 Å². The molecule has 1 fully saturated rings. The molecule has 4 heterocycles. The molecule has 0 aromatic carbocycles. The number of piperidine rings is 1. The molecule has 26 heavy (non-hydrogen) atoms. The third-order valence-electron chi connectivity index (χ3n) is 4.55. The Bertz CT molecular complexity index is 927. The molecule has 134 valence electrons. The number of aromatic amines is 1. The number of hydrogen-bond acceptors (Lipinski definition) is 6. The van der Waals surface area contributed by atoms with Crippen LogP contribution in [0.5, 0.6) is 0 Å². The Balaban J connectivity index is 1.43. The van der Waals surface area contributed by atoms with E-state index in [0.717, 1.165) is 22.7 Å². The highest BCUT2D eigenvalue weighted by molar-refractivity contribution is 7.13. The maximum atomic E-state index is 12.4. The first-order valence-electron chi connectivity index (χ1n) is 8.50. The van der Waals surface area contributed by atoms with Crippen LogP contribution < -0.4 is 5.56 Å². The Hall–Kier alpha value is -2.32. The number of carbonyl (C=O) groups excluding carboxylic acids is 1. The molecule has 0 radical (unpaired) electrons. The van der Waals surface area contributed by atoms with Gasteiger partial charge in [-0.3, -0.25) is 9.59 Å². The molecule has 3 aromatic rings. The minimum atomic E-state index is -0.156. The van der Waals surface area contributed by atoms with Crippen molar-refractivity contribution in [1.82, 2.24) is 19.9 Å². The molecule has 0 bridgehead atoms. The fraction of sp³-hybridized carbons (Fsp3) is 0.333. The Kier molecular flexibility index (Phi) is 4.94. The largest absolute Gasteiger partial charge is 0.342 e. The molecule has 1 N–H and O–H groups in total. The minimum Gasteiger partial charge on any atom is -0.342 e. The zero-order valence-electron chi connectivity index (χ0n) is 14.1. The molecule has 0 saturated carbocycles. The summed E-state index contributed by atoms with van der Waals surface area (Å²) in [6, 6.07) is 5.45. The fourth-order valence-corrected chi connectivity index (χ4v) is 4.50. The van der Waals surface area contributed by atoms with Gasteiger partial charge in [0.15, 0.2) is 0 Å². The second kappa shape index (κ2) is 7.51. The van der Waals surface area contributed by atoms with Crippen LogP contribution in [-0.2, 0) is 11.2 Å². The molecular formula is C18H18N4O2S2. The Labute approximate surface area is 158 Å². The van der Waals surface area contributed by atoms with Crippen LogP contribution >= 0.6 is 22.7 Å². The Morgan fingerprint density at radius 1 is 1.27 bits per heavy atom. The van der Waals surface area contributed by atoms with Crippen LogP contribution in [0.25, 0.3) is 10.7 Å². The third kappa shape index (κ3) is 3.76. The average Bonchev–Trinajstić information content (AvgIpc) is 3.35. The lowest BCUT2D eigenvalue weighted by Crippen LogP contribution is -2.39. The highest BCUT2D eigenvalue weighted by Gasteiger charge is 2.26. The standard InChI is InChI=1S/C18H18N4O2S2/c23-15-11-14(18-19-5-9-26-18)20-17(21-15)12-3-6-22(7-4-12)16(24)10-13-2-1-8-25-13/h1-2,5,8-9,11-12H,3-4,6-7,10H2,(H,20,21,23). The normalized spacial score (nSPS) is 15.3. The van der Waals surface area contributed by atoms with Crippen LogP contribution in [0.2, 0.25) is 0 Å². The van der Waals surface area contributed by atoms with Crippen LogP contribution in [0.1, 0.15) is 29.5 Å². The maximum absolute atomic E-state index is 12.4. The number of H-pyrrole nitrogens is 1. The predicted molar refractivity (Wildman–Crippen MR) is 103 cm³/mol. The number of carbonyl (C=O) groups is 1. The van der Waals surface area contributed by atoms with Crippen LogP contribution in [0.4, 0.5) is 0 Å². The smallest absolute Gasteiger partial charge is 0.251 e. The first-order valence-corrected chi connectivity index (χ1v) is 10.3. The number of thiazole rings is 1. The van der Waals surface area contributed by atoms with Gasteiger partial charge in [-0.1, -0.05) is 6.07 Å². The number of likely N-dealkylation sites (tertiary alicyclic amines) is 1. The van der Waals surface area contributed by atoms with Gasteiger partial charge in [0.2, 0.25) is 5.91 Å². The molecule has 6 nitrogen and oxygen atoms in total. The molecule has 0 atom stereocenters. The number of hydrogen-bond donors (Lipinski definition) is 1. The van der Waals surface area contributed by atoms with Gasteiger partial charge in [0.1, 0.15) is 16.5 Å². The molecule has 3 aromatic heterocycles. The van der Waals surface area contributed by atoms with Crippen molar-refractivity contribution in [3.63, 3.8) is 0 Å². The van der Waals surface area contributed by atoms with Gasteiger partial charge in [-0.25, -0.2) is 9.97 Å². The van der Waals surface area contributed by atoms with Gasteiger partial charge in [0, 0.05) is 41.5 Å². The summed E-state index contributed by atoms with van der Waals surface area (Å²) in [7, 11) is 0. The lowest BCUT2D eigenvalue weighted by Gasteiger charge is -2.31. The SMILES string of the molecule is O=C(Cc1cccs1)N1CCC(c2nc(-c3nccs3)cc(=O)[nH]2)CC1. The van der Waals surface area contributed by atoms with Crippen molar-refractivity contribution in [2.24, 2.45) is 0 Å². The summed E-state index contributed by atoms with van der Waals surface area (Å²) in [6.45, 7) is 1.39. The van der Waals surface area contributed by atoms with Gasteiger partial charge in [-0.2, -0.15) is 0 Å². The molecule has 0 spiro atoms. The number of amides is 1. The van der Waals surface area contributed by atoms with Crippen LogP contribution in [0.3, 0.4) is 0 Å². The predicted octanol–water partition coefficient (Wildman–Crippen LogP) is 2.90. The third-order valence-corrected chi connectivity index (χ3v) is 6.22. The summed E-state index contributed by atoms with van der Waals surface area (Å²) in [5.41, 5.74) is 0.464. The van der Waals surface area contributed by atoms with Crippen LogP contribution in [0.15, 0.2) is 40.0 Å². The molecule has 0 unspecified atom stereocenters. The monoisotopic (exact) mass is 386 g/mol. The van der Waals surface area contributed by atoms with Crippen LogP contribution in [0, 0.1) is 0 Å². The van der Waals surface area contributed by atoms with Crippen molar-refractivity contribution in [2.75, 3.05) is 13.1 Å². The van der Waals surface area contributed by atoms with Gasteiger partial charge in [0.05, 0.1) is 6.42 Å². The van der Waals surface area contributed by atoms with E-state index < -0.39 is 0 Å². The molecular weight excluding hydrogens is 368 g/mol. The number of aromatic nitrogens is 3. The lowest BCUT2D eigenvalue weighted by atomic mass is 9.95. The number of nitrogens with zero attached hydrogens (tertiary/aromatic N) is 3. The van der Waals surface area contributed by atoms with Crippen molar-refractivity contribution in [2.45, 2.75) is 25.2 Å². The first kappa shape index (κ1) is 17.1. The number of rotatable bonds is 4. The van der Waals surface area contributed by atoms with E-state index in [2.05, 4.69) is 15.0 Å². The summed E-state index contributed by atoms with van der Waals surface area (Å²) in [5.74, 6) is 1.03. The van der Waals surface area contributed by atoms with Gasteiger partial charge in [-0.15, -0.1) is 22.7 Å². The van der Waals surface area contributed by atoms with E-state index in [9.17, 15) is 9.59 Å². The number of thiophene rings is 1. The topological polar surface area (TPSA) is 79.0 Å². The highest BCUT2D eigenvalue weighted by Crippen LogP contribution is 2.27. The second-order valence-corrected chi connectivity index (χ2v) is 8.19. The Morgan fingerprint density at radius 3 is 2.81 bits per heavy atom. The molecule has 8 heteroatoms. The van der Waals surface area contributed by atoms with E-state index in [1.165, 1.54) is 17.4 Å². The van der Waals surface area contributed by atoms with E-state index in [0.29, 0.717) is 31.0 Å². The Morgan fingerprint density at radius 2 is 2.12 bits per heavy atom. The van der Waals surface area contributed by atoms with Crippen molar-refractivity contribution in [1.29, 1.82) is 0 Å². The van der Waals surface area contributed by atoms with Gasteiger partial charge in [0.25, 0.3) is 5.56 Å². The molecule has 1 amide bonds. The second-order valence-electron chi connectivity index (χ2n) is 6.26.